The lowest BCUT2D eigenvalue weighted by Crippen LogP contribution is -2.47. The van der Waals surface area contributed by atoms with E-state index in [-0.39, 0.29) is 5.54 Å². The van der Waals surface area contributed by atoms with Crippen LogP contribution in [0, 0.1) is 5.41 Å². The fourth-order valence-corrected chi connectivity index (χ4v) is 0.783. The molecule has 0 heterocycles. The third-order valence-corrected chi connectivity index (χ3v) is 1.79. The van der Waals surface area contributed by atoms with Crippen LogP contribution in [0.1, 0.15) is 34.6 Å². The third-order valence-electron chi connectivity index (χ3n) is 1.79. The Kier molecular flexibility index (Phi) is 3.63. The zero-order valence-corrected chi connectivity index (χ0v) is 9.60. The molecule has 0 aliphatic heterocycles. The van der Waals surface area contributed by atoms with Gasteiger partial charge in [0.15, 0.2) is 0 Å². The lowest BCUT2D eigenvalue weighted by molar-refractivity contribution is -0.142. The normalized spacial score (nSPS) is 12.1. The summed E-state index contributed by atoms with van der Waals surface area (Å²) in [6, 6.07) is 0. The molecule has 3 heteroatoms. The minimum Gasteiger partial charge on any atom is -0.345 e. The van der Waals surface area contributed by atoms with Crippen molar-refractivity contribution in [3.05, 3.63) is 12.7 Å². The van der Waals surface area contributed by atoms with E-state index < -0.39 is 17.1 Å². The summed E-state index contributed by atoms with van der Waals surface area (Å²) < 4.78 is 0. The van der Waals surface area contributed by atoms with Crippen molar-refractivity contribution >= 4 is 11.7 Å². The number of rotatable bonds is 3. The number of allylic oxidation sites excluding steroid dienone is 1. The summed E-state index contributed by atoms with van der Waals surface area (Å²) in [5.74, 6) is -1.01. The van der Waals surface area contributed by atoms with E-state index in [4.69, 9.17) is 0 Å². The highest BCUT2D eigenvalue weighted by Gasteiger charge is 2.31. The number of carbonyl (C=O) groups excluding carboxylic acids is 2. The second-order valence-corrected chi connectivity index (χ2v) is 4.96. The van der Waals surface area contributed by atoms with Gasteiger partial charge in [0.05, 0.1) is 5.41 Å². The molecule has 0 spiro atoms. The highest BCUT2D eigenvalue weighted by Crippen LogP contribution is 2.17. The molecule has 0 aliphatic rings. The highest BCUT2D eigenvalue weighted by molar-refractivity contribution is 6.38. The molecule has 0 aromatic rings. The van der Waals surface area contributed by atoms with E-state index in [0.29, 0.717) is 0 Å². The van der Waals surface area contributed by atoms with E-state index in [0.717, 1.165) is 0 Å². The van der Waals surface area contributed by atoms with Gasteiger partial charge in [-0.05, 0) is 34.6 Å². The van der Waals surface area contributed by atoms with E-state index in [1.54, 1.807) is 13.8 Å². The second kappa shape index (κ2) is 3.95. The molecule has 0 aromatic carbocycles. The first-order valence-corrected chi connectivity index (χ1v) is 4.61. The number of ketones is 1. The summed E-state index contributed by atoms with van der Waals surface area (Å²) in [5.41, 5.74) is -1.18. The van der Waals surface area contributed by atoms with Crippen LogP contribution < -0.4 is 5.32 Å². The summed E-state index contributed by atoms with van der Waals surface area (Å²) in [4.78, 5) is 23.0. The molecule has 0 saturated carbocycles. The predicted octanol–water partition coefficient (Wildman–Crippen LogP) is 1.68. The van der Waals surface area contributed by atoms with Crippen LogP contribution in [0.4, 0.5) is 0 Å². The molecule has 0 saturated heterocycles. The van der Waals surface area contributed by atoms with E-state index >= 15 is 0 Å². The van der Waals surface area contributed by atoms with Crippen molar-refractivity contribution < 1.29 is 9.59 Å². The lowest BCUT2D eigenvalue weighted by Gasteiger charge is -2.23. The van der Waals surface area contributed by atoms with E-state index in [9.17, 15) is 9.59 Å². The Morgan fingerprint density at radius 1 is 1.14 bits per heavy atom. The third kappa shape index (κ3) is 3.73. The molecule has 1 N–H and O–H groups in total. The highest BCUT2D eigenvalue weighted by atomic mass is 16.2. The summed E-state index contributed by atoms with van der Waals surface area (Å²) in [6.07, 6.45) is 1.48. The summed E-state index contributed by atoms with van der Waals surface area (Å²) >= 11 is 0. The SMILES string of the molecule is C=CC(C)(C)C(=O)C(=O)NC(C)(C)C. The van der Waals surface area contributed by atoms with Gasteiger partial charge in [0, 0.05) is 5.54 Å². The van der Waals surface area contributed by atoms with Crippen LogP contribution in [0.15, 0.2) is 12.7 Å². The van der Waals surface area contributed by atoms with E-state index in [1.165, 1.54) is 6.08 Å². The lowest BCUT2D eigenvalue weighted by atomic mass is 9.87. The maximum absolute atomic E-state index is 11.6. The first-order valence-electron chi connectivity index (χ1n) is 4.61. The van der Waals surface area contributed by atoms with Crippen molar-refractivity contribution in [1.29, 1.82) is 0 Å². The van der Waals surface area contributed by atoms with Gasteiger partial charge in [-0.2, -0.15) is 0 Å². The number of carbonyl (C=O) groups is 2. The molecule has 80 valence electrons. The molecule has 0 bridgehead atoms. The molecule has 0 aromatic heterocycles. The van der Waals surface area contributed by atoms with Gasteiger partial charge in [0.2, 0.25) is 5.78 Å². The Balaban J connectivity index is 4.58. The van der Waals surface area contributed by atoms with E-state index in [1.807, 2.05) is 20.8 Å². The fourth-order valence-electron chi connectivity index (χ4n) is 0.783. The van der Waals surface area contributed by atoms with Crippen LogP contribution in [-0.4, -0.2) is 17.2 Å². The zero-order valence-electron chi connectivity index (χ0n) is 9.60. The molecular weight excluding hydrogens is 178 g/mol. The number of hydrogen-bond acceptors (Lipinski definition) is 2. The van der Waals surface area contributed by atoms with Crippen molar-refractivity contribution in [2.45, 2.75) is 40.2 Å². The summed E-state index contributed by atoms with van der Waals surface area (Å²) in [7, 11) is 0. The van der Waals surface area contributed by atoms with Gasteiger partial charge in [-0.3, -0.25) is 9.59 Å². The molecule has 0 rings (SSSR count). The average molecular weight is 197 g/mol. The largest absolute Gasteiger partial charge is 0.345 e. The van der Waals surface area contributed by atoms with Crippen LogP contribution in [-0.2, 0) is 9.59 Å². The van der Waals surface area contributed by atoms with E-state index in [2.05, 4.69) is 11.9 Å². The number of amides is 1. The smallest absolute Gasteiger partial charge is 0.288 e. The topological polar surface area (TPSA) is 46.2 Å². The molecule has 3 nitrogen and oxygen atoms in total. The number of nitrogens with one attached hydrogen (secondary N) is 1. The quantitative estimate of drug-likeness (QED) is 0.552. The van der Waals surface area contributed by atoms with Gasteiger partial charge in [0.1, 0.15) is 0 Å². The van der Waals surface area contributed by atoms with Crippen molar-refractivity contribution in [3.63, 3.8) is 0 Å². The van der Waals surface area contributed by atoms with Gasteiger partial charge in [0.25, 0.3) is 5.91 Å². The molecule has 1 amide bonds. The minimum absolute atomic E-state index is 0.385. The second-order valence-electron chi connectivity index (χ2n) is 4.96. The number of Topliss-reactive ketones (excluding diaryl/α,β-unsaturated/α-hetero) is 1. The van der Waals surface area contributed by atoms with Crippen molar-refractivity contribution in [2.75, 3.05) is 0 Å². The Labute approximate surface area is 85.6 Å². The van der Waals surface area contributed by atoms with Crippen LogP contribution >= 0.6 is 0 Å². The van der Waals surface area contributed by atoms with Crippen molar-refractivity contribution in [2.24, 2.45) is 5.41 Å². The fraction of sp³-hybridized carbons (Fsp3) is 0.636. The summed E-state index contributed by atoms with van der Waals surface area (Å²) in [6.45, 7) is 12.4. The molecule has 0 aliphatic carbocycles. The Morgan fingerprint density at radius 3 is 1.86 bits per heavy atom. The van der Waals surface area contributed by atoms with Gasteiger partial charge in [-0.1, -0.05) is 6.08 Å². The van der Waals surface area contributed by atoms with Crippen molar-refractivity contribution in [3.8, 4) is 0 Å². The number of hydrogen-bond donors (Lipinski definition) is 1. The summed E-state index contributed by atoms with van der Waals surface area (Å²) in [5, 5.41) is 2.62. The van der Waals surface area contributed by atoms with Crippen LogP contribution in [0.2, 0.25) is 0 Å². The molecule has 0 fully saturated rings. The maximum atomic E-state index is 11.6. The first-order chi connectivity index (χ1) is 6.10. The molecule has 14 heavy (non-hydrogen) atoms. The molecule has 0 radical (unpaired) electrons. The average Bonchev–Trinajstić information content (AvgIpc) is 2.00. The Morgan fingerprint density at radius 2 is 1.57 bits per heavy atom. The molecule has 0 atom stereocenters. The van der Waals surface area contributed by atoms with Gasteiger partial charge < -0.3 is 5.32 Å². The van der Waals surface area contributed by atoms with Crippen LogP contribution in [0.3, 0.4) is 0 Å². The Hall–Kier alpha value is -1.12. The zero-order chi connectivity index (χ0) is 11.6. The minimum atomic E-state index is -0.796. The maximum Gasteiger partial charge on any atom is 0.288 e. The van der Waals surface area contributed by atoms with Gasteiger partial charge in [-0.15, -0.1) is 6.58 Å². The van der Waals surface area contributed by atoms with Crippen LogP contribution in [0.5, 0.6) is 0 Å². The van der Waals surface area contributed by atoms with Crippen molar-refractivity contribution in [1.82, 2.24) is 5.32 Å². The Bertz CT molecular complexity index is 259. The predicted molar refractivity (Wildman–Crippen MR) is 56.9 cm³/mol. The van der Waals surface area contributed by atoms with Crippen LogP contribution in [0.25, 0.3) is 0 Å². The molecular formula is C11H19NO2. The standard InChI is InChI=1S/C11H19NO2/c1-7-11(5,6)8(13)9(14)12-10(2,3)4/h7H,1H2,2-6H3,(H,12,14). The van der Waals surface area contributed by atoms with Gasteiger partial charge in [-0.25, -0.2) is 0 Å². The monoisotopic (exact) mass is 197 g/mol. The molecule has 0 unspecified atom stereocenters. The first kappa shape index (κ1) is 12.9. The van der Waals surface area contributed by atoms with Gasteiger partial charge >= 0.3 is 0 Å².